The van der Waals surface area contributed by atoms with Crippen LogP contribution < -0.4 is 5.32 Å². The molecule has 6 rings (SSSR count). The third kappa shape index (κ3) is 4.92. The number of hydrogen-bond donors (Lipinski definition) is 1. The van der Waals surface area contributed by atoms with Gasteiger partial charge in [-0.3, -0.25) is 19.4 Å². The van der Waals surface area contributed by atoms with Crippen LogP contribution in [0.1, 0.15) is 35.3 Å². The molecule has 7 nitrogen and oxygen atoms in total. The number of benzene rings is 3. The number of rotatable bonds is 6. The van der Waals surface area contributed by atoms with E-state index in [9.17, 15) is 10.1 Å². The van der Waals surface area contributed by atoms with Crippen LogP contribution in [0.4, 0.5) is 0 Å². The van der Waals surface area contributed by atoms with E-state index in [0.717, 1.165) is 55.3 Å². The first-order chi connectivity index (χ1) is 19.8. The standard InChI is InChI=1S/C34H28N6O/c1-34(2,21-35)27-12-9-23(10-13-27)32-31-28-16-24(11-14-29(28)37-20-30(31)40(3)39-32)25-15-26(19-36-18-25)33(41)38-17-22-7-5-4-6-8-22/h4-16,18-20H,17H2,1-3H3,(H,38,41). The lowest BCUT2D eigenvalue weighted by atomic mass is 9.86. The van der Waals surface area contributed by atoms with Crippen LogP contribution in [0.15, 0.2) is 97.5 Å². The third-order valence-electron chi connectivity index (χ3n) is 7.47. The summed E-state index contributed by atoms with van der Waals surface area (Å²) >= 11 is 0. The van der Waals surface area contributed by atoms with Gasteiger partial charge in [-0.2, -0.15) is 10.4 Å². The summed E-state index contributed by atoms with van der Waals surface area (Å²) in [4.78, 5) is 22.0. The Bertz CT molecular complexity index is 1950. The van der Waals surface area contributed by atoms with Crippen molar-refractivity contribution in [3.8, 4) is 28.5 Å². The summed E-state index contributed by atoms with van der Waals surface area (Å²) in [6, 6.07) is 28.1. The average molecular weight is 537 g/mol. The van der Waals surface area contributed by atoms with Crippen LogP contribution in [-0.4, -0.2) is 25.7 Å². The summed E-state index contributed by atoms with van der Waals surface area (Å²) < 4.78 is 1.84. The Labute approximate surface area is 238 Å². The summed E-state index contributed by atoms with van der Waals surface area (Å²) in [5, 5.41) is 19.3. The summed E-state index contributed by atoms with van der Waals surface area (Å²) in [7, 11) is 1.91. The molecule has 1 N–H and O–H groups in total. The summed E-state index contributed by atoms with van der Waals surface area (Å²) in [6.45, 7) is 4.27. The molecule has 0 radical (unpaired) electrons. The second-order valence-electron chi connectivity index (χ2n) is 10.7. The van der Waals surface area contributed by atoms with E-state index in [0.29, 0.717) is 12.1 Å². The quantitative estimate of drug-likeness (QED) is 0.259. The largest absolute Gasteiger partial charge is 0.348 e. The molecule has 200 valence electrons. The first-order valence-corrected chi connectivity index (χ1v) is 13.4. The van der Waals surface area contributed by atoms with Crippen LogP contribution >= 0.6 is 0 Å². The molecule has 1 amide bonds. The van der Waals surface area contributed by atoms with E-state index in [1.54, 1.807) is 12.4 Å². The van der Waals surface area contributed by atoms with Gasteiger partial charge in [0.05, 0.1) is 34.3 Å². The van der Waals surface area contributed by atoms with Crippen LogP contribution in [-0.2, 0) is 19.0 Å². The van der Waals surface area contributed by atoms with E-state index >= 15 is 0 Å². The predicted molar refractivity (Wildman–Crippen MR) is 161 cm³/mol. The van der Waals surface area contributed by atoms with E-state index in [1.165, 1.54) is 0 Å². The normalized spacial score (nSPS) is 11.5. The molecule has 0 aliphatic heterocycles. The molecule has 3 aromatic heterocycles. The lowest BCUT2D eigenvalue weighted by Gasteiger charge is -2.15. The van der Waals surface area contributed by atoms with Gasteiger partial charge in [0.1, 0.15) is 5.69 Å². The minimum Gasteiger partial charge on any atom is -0.348 e. The van der Waals surface area contributed by atoms with Crippen molar-refractivity contribution in [3.63, 3.8) is 0 Å². The van der Waals surface area contributed by atoms with Gasteiger partial charge in [-0.15, -0.1) is 0 Å². The van der Waals surface area contributed by atoms with Gasteiger partial charge < -0.3 is 5.32 Å². The fraction of sp³-hybridized carbons (Fsp3) is 0.147. The maximum Gasteiger partial charge on any atom is 0.253 e. The SMILES string of the molecule is Cn1nc(-c2ccc(C(C)(C)C#N)cc2)c2c3cc(-c4cncc(C(=O)NCc5ccccc5)c4)ccc3ncc21. The molecule has 0 spiro atoms. The Hall–Kier alpha value is -5.35. The molecule has 0 fully saturated rings. The summed E-state index contributed by atoms with van der Waals surface area (Å²) in [5.74, 6) is -0.175. The minimum atomic E-state index is -0.572. The molecule has 7 heteroatoms. The first-order valence-electron chi connectivity index (χ1n) is 13.4. The first kappa shape index (κ1) is 25.9. The van der Waals surface area contributed by atoms with Crippen LogP contribution in [0, 0.1) is 11.3 Å². The summed E-state index contributed by atoms with van der Waals surface area (Å²) in [6.07, 6.45) is 5.20. The Morgan fingerprint density at radius 2 is 1.68 bits per heavy atom. The number of pyridine rings is 2. The van der Waals surface area contributed by atoms with Crippen molar-refractivity contribution >= 4 is 27.7 Å². The predicted octanol–water partition coefficient (Wildman–Crippen LogP) is 6.58. The van der Waals surface area contributed by atoms with Crippen molar-refractivity contribution in [3.05, 3.63) is 114 Å². The highest BCUT2D eigenvalue weighted by Crippen LogP contribution is 2.35. The molecular weight excluding hydrogens is 508 g/mol. The van der Waals surface area contributed by atoms with E-state index < -0.39 is 5.41 Å². The molecular formula is C34H28N6O. The van der Waals surface area contributed by atoms with Crippen molar-refractivity contribution in [1.29, 1.82) is 5.26 Å². The Kier molecular flexibility index (Phi) is 6.52. The van der Waals surface area contributed by atoms with Gasteiger partial charge in [0, 0.05) is 47.9 Å². The molecule has 0 aliphatic carbocycles. The van der Waals surface area contributed by atoms with Crippen molar-refractivity contribution in [2.45, 2.75) is 25.8 Å². The molecule has 6 aromatic rings. The van der Waals surface area contributed by atoms with Crippen molar-refractivity contribution in [2.24, 2.45) is 7.05 Å². The number of fused-ring (bicyclic) bond motifs is 3. The van der Waals surface area contributed by atoms with Crippen LogP contribution in [0.5, 0.6) is 0 Å². The van der Waals surface area contributed by atoms with E-state index in [1.807, 2.05) is 105 Å². The molecule has 0 atom stereocenters. The second-order valence-corrected chi connectivity index (χ2v) is 10.7. The fourth-order valence-corrected chi connectivity index (χ4v) is 5.02. The number of nitrogens with zero attached hydrogens (tertiary/aromatic N) is 5. The van der Waals surface area contributed by atoms with Gasteiger partial charge in [-0.05, 0) is 48.7 Å². The lowest BCUT2D eigenvalue weighted by molar-refractivity contribution is 0.0950. The molecule has 0 aliphatic rings. The molecule has 3 heterocycles. The average Bonchev–Trinajstić information content (AvgIpc) is 3.36. The van der Waals surface area contributed by atoms with Gasteiger partial charge in [0.25, 0.3) is 5.91 Å². The number of nitrogens with one attached hydrogen (secondary N) is 1. The zero-order valence-corrected chi connectivity index (χ0v) is 23.1. The number of carbonyl (C=O) groups is 1. The van der Waals surface area contributed by atoms with Crippen molar-refractivity contribution in [2.75, 3.05) is 0 Å². The minimum absolute atomic E-state index is 0.175. The number of aromatic nitrogens is 4. The molecule has 0 saturated heterocycles. The fourth-order valence-electron chi connectivity index (χ4n) is 5.02. The Balaban J connectivity index is 1.39. The van der Waals surface area contributed by atoms with E-state index in [-0.39, 0.29) is 5.91 Å². The van der Waals surface area contributed by atoms with Gasteiger partial charge in [0.2, 0.25) is 0 Å². The maximum absolute atomic E-state index is 12.9. The molecule has 0 saturated carbocycles. The molecule has 3 aromatic carbocycles. The molecule has 41 heavy (non-hydrogen) atoms. The van der Waals surface area contributed by atoms with Crippen LogP contribution in [0.3, 0.4) is 0 Å². The van der Waals surface area contributed by atoms with Gasteiger partial charge in [-0.25, -0.2) is 0 Å². The van der Waals surface area contributed by atoms with Gasteiger partial charge in [0.15, 0.2) is 0 Å². The van der Waals surface area contributed by atoms with Crippen LogP contribution in [0.2, 0.25) is 0 Å². The number of amides is 1. The molecule has 0 unspecified atom stereocenters. The van der Waals surface area contributed by atoms with E-state index in [2.05, 4.69) is 22.4 Å². The maximum atomic E-state index is 12.9. The van der Waals surface area contributed by atoms with Crippen molar-refractivity contribution < 1.29 is 4.79 Å². The van der Waals surface area contributed by atoms with Crippen LogP contribution in [0.25, 0.3) is 44.2 Å². The zero-order valence-electron chi connectivity index (χ0n) is 23.1. The summed E-state index contributed by atoms with van der Waals surface area (Å²) in [5.41, 5.74) is 7.26. The van der Waals surface area contributed by atoms with Gasteiger partial charge in [-0.1, -0.05) is 60.7 Å². The zero-order chi connectivity index (χ0) is 28.6. The highest BCUT2D eigenvalue weighted by atomic mass is 16.1. The number of carbonyl (C=O) groups excluding carboxylic acids is 1. The topological polar surface area (TPSA) is 96.5 Å². The van der Waals surface area contributed by atoms with Gasteiger partial charge >= 0.3 is 0 Å². The second kappa shape index (κ2) is 10.3. The lowest BCUT2D eigenvalue weighted by Crippen LogP contribution is -2.22. The smallest absolute Gasteiger partial charge is 0.253 e. The van der Waals surface area contributed by atoms with Crippen molar-refractivity contribution in [1.82, 2.24) is 25.1 Å². The number of hydrogen-bond acceptors (Lipinski definition) is 5. The monoisotopic (exact) mass is 536 g/mol. The Morgan fingerprint density at radius 3 is 2.44 bits per heavy atom. The highest BCUT2D eigenvalue weighted by Gasteiger charge is 2.21. The molecule has 0 bridgehead atoms. The van der Waals surface area contributed by atoms with E-state index in [4.69, 9.17) is 10.1 Å². The Morgan fingerprint density at radius 1 is 0.927 bits per heavy atom. The highest BCUT2D eigenvalue weighted by molar-refractivity contribution is 6.12. The number of aryl methyl sites for hydroxylation is 1. The number of nitriles is 1. The third-order valence-corrected chi connectivity index (χ3v) is 7.47.